The van der Waals surface area contributed by atoms with E-state index in [2.05, 4.69) is 9.68 Å². The fraction of sp³-hybridized carbons (Fsp3) is 0.500. The van der Waals surface area contributed by atoms with E-state index in [0.29, 0.717) is 11.6 Å². The van der Waals surface area contributed by atoms with Crippen molar-refractivity contribution in [2.75, 3.05) is 13.2 Å². The molecule has 0 aromatic carbocycles. The molecule has 0 saturated carbocycles. The minimum absolute atomic E-state index is 0.102. The highest BCUT2D eigenvalue weighted by Gasteiger charge is 2.21. The molecule has 2 rings (SSSR count). The summed E-state index contributed by atoms with van der Waals surface area (Å²) in [7, 11) is 0. The van der Waals surface area contributed by atoms with Crippen LogP contribution < -0.4 is 0 Å². The van der Waals surface area contributed by atoms with Gasteiger partial charge in [0.15, 0.2) is 0 Å². The topological polar surface area (TPSA) is 72.6 Å². The number of aromatic nitrogens is 1. The molecule has 1 N–H and O–H groups in total. The lowest BCUT2D eigenvalue weighted by Crippen LogP contribution is -2.29. The number of ether oxygens (including phenoxy) is 1. The Kier molecular flexibility index (Phi) is 2.02. The molecule has 0 unspecified atom stereocenters. The number of nitrogens with zero attached hydrogens (tertiary/aromatic N) is 1. The van der Waals surface area contributed by atoms with Gasteiger partial charge < -0.3 is 14.4 Å². The van der Waals surface area contributed by atoms with Crippen LogP contribution in [0.15, 0.2) is 10.6 Å². The number of hydrogen-bond donors (Lipinski definition) is 1. The second-order valence-electron chi connectivity index (χ2n) is 3.10. The third kappa shape index (κ3) is 1.70. The van der Waals surface area contributed by atoms with Gasteiger partial charge in [-0.25, -0.2) is 4.79 Å². The van der Waals surface area contributed by atoms with Gasteiger partial charge in [0.1, 0.15) is 0 Å². The number of carboxylic acid groups (broad SMARTS) is 1. The summed E-state index contributed by atoms with van der Waals surface area (Å²) in [6.45, 7) is 1.46. The zero-order chi connectivity index (χ0) is 9.26. The molecule has 0 amide bonds. The Balaban J connectivity index is 2.00. The summed E-state index contributed by atoms with van der Waals surface area (Å²) in [6, 6.07) is 1.46. The average molecular weight is 183 g/mol. The third-order valence-electron chi connectivity index (χ3n) is 1.97. The lowest BCUT2D eigenvalue weighted by atomic mass is 10.0. The Morgan fingerprint density at radius 3 is 2.92 bits per heavy atom. The molecular weight excluding hydrogens is 174 g/mol. The molecule has 5 heteroatoms. The highest BCUT2D eigenvalue weighted by atomic mass is 16.5. The number of carboxylic acids is 1. The zero-order valence-corrected chi connectivity index (χ0v) is 6.90. The molecule has 5 nitrogen and oxygen atoms in total. The maximum absolute atomic E-state index is 10.4. The van der Waals surface area contributed by atoms with Crippen molar-refractivity contribution in [2.45, 2.75) is 6.42 Å². The van der Waals surface area contributed by atoms with Crippen molar-refractivity contribution in [3.8, 4) is 0 Å². The van der Waals surface area contributed by atoms with Crippen LogP contribution in [-0.4, -0.2) is 29.4 Å². The first-order valence-corrected chi connectivity index (χ1v) is 4.02. The van der Waals surface area contributed by atoms with E-state index in [9.17, 15) is 4.79 Å². The molecule has 0 atom stereocenters. The molecule has 1 saturated heterocycles. The molecule has 1 aliphatic heterocycles. The van der Waals surface area contributed by atoms with Gasteiger partial charge in [-0.15, -0.1) is 0 Å². The van der Waals surface area contributed by atoms with E-state index < -0.39 is 5.97 Å². The second kappa shape index (κ2) is 3.18. The van der Waals surface area contributed by atoms with Gasteiger partial charge in [-0.2, -0.15) is 0 Å². The van der Waals surface area contributed by atoms with Crippen molar-refractivity contribution in [3.05, 3.63) is 17.5 Å². The fourth-order valence-corrected chi connectivity index (χ4v) is 1.21. The molecule has 1 aromatic rings. The molecule has 1 aliphatic rings. The second-order valence-corrected chi connectivity index (χ2v) is 3.10. The van der Waals surface area contributed by atoms with Crippen LogP contribution in [-0.2, 0) is 11.2 Å². The Morgan fingerprint density at radius 2 is 2.46 bits per heavy atom. The molecule has 2 heterocycles. The van der Waals surface area contributed by atoms with Crippen molar-refractivity contribution in [2.24, 2.45) is 5.92 Å². The summed E-state index contributed by atoms with van der Waals surface area (Å²) in [5, 5.41) is 12.2. The van der Waals surface area contributed by atoms with Crippen molar-refractivity contribution in [3.63, 3.8) is 0 Å². The SMILES string of the molecule is O=C(O)c1cc(CC2COC2)no1. The Bertz CT molecular complexity index is 316. The van der Waals surface area contributed by atoms with Gasteiger partial charge in [0, 0.05) is 18.4 Å². The first kappa shape index (κ1) is 8.25. The van der Waals surface area contributed by atoms with E-state index in [0.717, 1.165) is 19.6 Å². The third-order valence-corrected chi connectivity index (χ3v) is 1.97. The van der Waals surface area contributed by atoms with Crippen LogP contribution in [0.3, 0.4) is 0 Å². The van der Waals surface area contributed by atoms with E-state index in [1.54, 1.807) is 0 Å². The van der Waals surface area contributed by atoms with Gasteiger partial charge in [0.2, 0.25) is 5.76 Å². The number of hydrogen-bond acceptors (Lipinski definition) is 4. The maximum Gasteiger partial charge on any atom is 0.374 e. The van der Waals surface area contributed by atoms with Crippen LogP contribution in [0.1, 0.15) is 16.2 Å². The van der Waals surface area contributed by atoms with Gasteiger partial charge in [-0.05, 0) is 0 Å². The Morgan fingerprint density at radius 1 is 1.69 bits per heavy atom. The van der Waals surface area contributed by atoms with Crippen LogP contribution in [0, 0.1) is 5.92 Å². The van der Waals surface area contributed by atoms with E-state index in [-0.39, 0.29) is 5.76 Å². The molecule has 13 heavy (non-hydrogen) atoms. The van der Waals surface area contributed by atoms with Gasteiger partial charge >= 0.3 is 5.97 Å². The Hall–Kier alpha value is -1.36. The summed E-state index contributed by atoms with van der Waals surface area (Å²) in [5.74, 6) is -0.717. The van der Waals surface area contributed by atoms with Gasteiger partial charge in [-0.3, -0.25) is 0 Å². The largest absolute Gasteiger partial charge is 0.475 e. The van der Waals surface area contributed by atoms with Crippen molar-refractivity contribution < 1.29 is 19.2 Å². The van der Waals surface area contributed by atoms with Crippen molar-refractivity contribution >= 4 is 5.97 Å². The molecular formula is C8H9NO4. The lowest BCUT2D eigenvalue weighted by Gasteiger charge is -2.24. The van der Waals surface area contributed by atoms with Crippen molar-refractivity contribution in [1.82, 2.24) is 5.16 Å². The molecule has 0 aliphatic carbocycles. The molecule has 1 fully saturated rings. The minimum atomic E-state index is -1.08. The maximum atomic E-state index is 10.4. The van der Waals surface area contributed by atoms with Gasteiger partial charge in [0.25, 0.3) is 0 Å². The van der Waals surface area contributed by atoms with E-state index in [4.69, 9.17) is 9.84 Å². The van der Waals surface area contributed by atoms with Crippen molar-refractivity contribution in [1.29, 1.82) is 0 Å². The number of carbonyl (C=O) groups is 1. The zero-order valence-electron chi connectivity index (χ0n) is 6.90. The summed E-state index contributed by atoms with van der Waals surface area (Å²) in [5.41, 5.74) is 0.686. The predicted molar refractivity (Wildman–Crippen MR) is 41.5 cm³/mol. The molecule has 0 spiro atoms. The van der Waals surface area contributed by atoms with Crippen LogP contribution in [0.4, 0.5) is 0 Å². The summed E-state index contributed by atoms with van der Waals surface area (Å²) in [4.78, 5) is 10.4. The van der Waals surface area contributed by atoms with Crippen LogP contribution in [0.2, 0.25) is 0 Å². The normalized spacial score (nSPS) is 16.9. The van der Waals surface area contributed by atoms with Crippen LogP contribution >= 0.6 is 0 Å². The summed E-state index contributed by atoms with van der Waals surface area (Å²) < 4.78 is 9.59. The Labute approximate surface area is 74.3 Å². The van der Waals surface area contributed by atoms with E-state index in [1.165, 1.54) is 6.07 Å². The highest BCUT2D eigenvalue weighted by Crippen LogP contribution is 2.16. The molecule has 0 radical (unpaired) electrons. The molecule has 0 bridgehead atoms. The molecule has 70 valence electrons. The fourth-order valence-electron chi connectivity index (χ4n) is 1.21. The van der Waals surface area contributed by atoms with E-state index >= 15 is 0 Å². The molecule has 1 aromatic heterocycles. The van der Waals surface area contributed by atoms with Crippen LogP contribution in [0.25, 0.3) is 0 Å². The predicted octanol–water partition coefficient (Wildman–Crippen LogP) is 0.562. The first-order valence-electron chi connectivity index (χ1n) is 4.02. The summed E-state index contributed by atoms with van der Waals surface area (Å²) >= 11 is 0. The first-order chi connectivity index (χ1) is 6.25. The average Bonchev–Trinajstić information content (AvgIpc) is 2.44. The highest BCUT2D eigenvalue weighted by molar-refractivity contribution is 5.84. The smallest absolute Gasteiger partial charge is 0.374 e. The van der Waals surface area contributed by atoms with Gasteiger partial charge in [-0.1, -0.05) is 5.16 Å². The number of aromatic carboxylic acids is 1. The number of rotatable bonds is 3. The van der Waals surface area contributed by atoms with Gasteiger partial charge in [0.05, 0.1) is 18.9 Å². The minimum Gasteiger partial charge on any atom is -0.475 e. The monoisotopic (exact) mass is 183 g/mol. The summed E-state index contributed by atoms with van der Waals surface area (Å²) in [6.07, 6.45) is 0.733. The van der Waals surface area contributed by atoms with E-state index in [1.807, 2.05) is 0 Å². The lowest BCUT2D eigenvalue weighted by molar-refractivity contribution is -0.0319. The standard InChI is InChI=1S/C8H9NO4/c10-8(11)7-2-6(9-13-7)1-5-3-12-4-5/h2,5H,1,3-4H2,(H,10,11). The quantitative estimate of drug-likeness (QED) is 0.741. The van der Waals surface area contributed by atoms with Crippen LogP contribution in [0.5, 0.6) is 0 Å².